The van der Waals surface area contributed by atoms with Gasteiger partial charge in [-0.1, -0.05) is 36.4 Å². The molecule has 250 valence electrons. The molecule has 0 N–H and O–H groups in total. The lowest BCUT2D eigenvalue weighted by Gasteiger charge is -2.41. The Bertz CT molecular complexity index is 2100. The van der Waals surface area contributed by atoms with Crippen molar-refractivity contribution < 1.29 is 28.5 Å². The van der Waals surface area contributed by atoms with E-state index in [1.165, 1.54) is 0 Å². The van der Waals surface area contributed by atoms with Gasteiger partial charge in [-0.05, 0) is 70.2 Å². The van der Waals surface area contributed by atoms with Crippen LogP contribution in [0.3, 0.4) is 0 Å². The van der Waals surface area contributed by atoms with Gasteiger partial charge < -0.3 is 28.7 Å². The fraction of sp³-hybridized carbons (Fsp3) is 0.238. The summed E-state index contributed by atoms with van der Waals surface area (Å²) in [5.41, 5.74) is 4.52. The van der Waals surface area contributed by atoms with E-state index in [4.69, 9.17) is 18.9 Å². The lowest BCUT2D eigenvalue weighted by atomic mass is 9.73. The maximum absolute atomic E-state index is 13.7. The minimum atomic E-state index is -1.32. The van der Waals surface area contributed by atoms with Crippen molar-refractivity contribution in [2.45, 2.75) is 38.9 Å². The van der Waals surface area contributed by atoms with Gasteiger partial charge in [0.25, 0.3) is 0 Å². The quantitative estimate of drug-likeness (QED) is 0.167. The van der Waals surface area contributed by atoms with Gasteiger partial charge in [0.2, 0.25) is 0 Å². The summed E-state index contributed by atoms with van der Waals surface area (Å²) in [5, 5.41) is 0. The lowest BCUT2D eigenvalue weighted by Crippen LogP contribution is -2.37. The minimum absolute atomic E-state index is 0.414. The van der Waals surface area contributed by atoms with Crippen LogP contribution in [-0.4, -0.2) is 38.1 Å². The molecule has 0 saturated heterocycles. The molecule has 5 aromatic rings. The third-order valence-electron chi connectivity index (χ3n) is 10.8. The van der Waals surface area contributed by atoms with Gasteiger partial charge in [0, 0.05) is 89.1 Å². The molecule has 0 saturated carbocycles. The highest BCUT2D eigenvalue weighted by Crippen LogP contribution is 2.62. The summed E-state index contributed by atoms with van der Waals surface area (Å²) in [6.45, 7) is 11.8. The Hall–Kier alpha value is -5.76. The molecule has 5 aromatic carbocycles. The molecular weight excluding hydrogens is 628 g/mol. The number of nitrogens with zero attached hydrogens (tertiary/aromatic N) is 2. The van der Waals surface area contributed by atoms with Crippen LogP contribution in [0, 0.1) is 0 Å². The normalized spacial score (nSPS) is 20.0. The van der Waals surface area contributed by atoms with Crippen molar-refractivity contribution in [2.24, 2.45) is 0 Å². The fourth-order valence-corrected chi connectivity index (χ4v) is 8.39. The van der Waals surface area contributed by atoms with Crippen molar-refractivity contribution in [3.05, 3.63) is 142 Å². The Morgan fingerprint density at radius 1 is 0.460 bits per heavy atom. The SMILES string of the molecule is CCN(CC)c1ccc2c(c1)Oc1cc3c(cc1C21OC(=O)c2ccccc21)C1(OC(=O)c2ccccc21)c1ccc(N(CC)CC)cc1O3. The topological polar surface area (TPSA) is 77.5 Å². The van der Waals surface area contributed by atoms with Gasteiger partial charge in [-0.3, -0.25) is 0 Å². The first-order chi connectivity index (χ1) is 24.4. The number of carbonyl (C=O) groups is 2. The van der Waals surface area contributed by atoms with E-state index in [2.05, 4.69) is 49.6 Å². The first-order valence-electron chi connectivity index (χ1n) is 17.4. The summed E-state index contributed by atoms with van der Waals surface area (Å²) in [7, 11) is 0. The maximum atomic E-state index is 13.7. The summed E-state index contributed by atoms with van der Waals surface area (Å²) in [5.74, 6) is 1.35. The number of anilines is 2. The van der Waals surface area contributed by atoms with Crippen LogP contribution in [0.4, 0.5) is 11.4 Å². The standard InChI is InChI=1S/C42H36N2O6/c1-5-43(6-2)25-17-19-31-35(21-25)47-37-24-38-34(23-33(37)41(31)29-15-11-9-13-27(29)39(45)49-41)42(30-16-12-10-14-28(30)40(46)50-42)32-20-18-26(22-36(32)48-38)44(7-3)8-4/h9-24H,5-8H2,1-4H3. The van der Waals surface area contributed by atoms with Gasteiger partial charge in [0.05, 0.1) is 11.1 Å². The second kappa shape index (κ2) is 10.9. The third-order valence-corrected chi connectivity index (χ3v) is 10.8. The fourth-order valence-electron chi connectivity index (χ4n) is 8.39. The molecule has 0 radical (unpaired) electrons. The van der Waals surface area contributed by atoms with Crippen LogP contribution < -0.4 is 19.3 Å². The monoisotopic (exact) mass is 664 g/mol. The van der Waals surface area contributed by atoms with Crippen molar-refractivity contribution in [1.29, 1.82) is 0 Å². The number of hydrogen-bond acceptors (Lipinski definition) is 8. The number of rotatable bonds is 6. The highest BCUT2D eigenvalue weighted by Gasteiger charge is 2.58. The van der Waals surface area contributed by atoms with Gasteiger partial charge >= 0.3 is 11.9 Å². The third kappa shape index (κ3) is 3.87. The van der Waals surface area contributed by atoms with Gasteiger partial charge in [-0.15, -0.1) is 0 Å². The number of hydrogen-bond donors (Lipinski definition) is 0. The Kier molecular flexibility index (Phi) is 6.59. The summed E-state index contributed by atoms with van der Waals surface area (Å²) in [4.78, 5) is 31.9. The number of ether oxygens (including phenoxy) is 4. The average Bonchev–Trinajstić information content (AvgIpc) is 3.60. The first kappa shape index (κ1) is 30.3. The van der Waals surface area contributed by atoms with Crippen LogP contribution in [0.25, 0.3) is 0 Å². The number of esters is 2. The van der Waals surface area contributed by atoms with Crippen LogP contribution in [0.1, 0.15) is 81.8 Å². The Morgan fingerprint density at radius 3 is 1.28 bits per heavy atom. The molecule has 2 atom stereocenters. The van der Waals surface area contributed by atoms with E-state index in [1.54, 1.807) is 12.1 Å². The first-order valence-corrected chi connectivity index (χ1v) is 17.4. The van der Waals surface area contributed by atoms with Crippen molar-refractivity contribution >= 4 is 23.3 Å². The van der Waals surface area contributed by atoms with Gasteiger partial charge in [-0.25, -0.2) is 9.59 Å². The highest BCUT2D eigenvalue weighted by atomic mass is 16.6. The maximum Gasteiger partial charge on any atom is 0.340 e. The molecular formula is C42H36N2O6. The van der Waals surface area contributed by atoms with E-state index in [0.29, 0.717) is 45.3 Å². The molecule has 0 amide bonds. The minimum Gasteiger partial charge on any atom is -0.456 e. The van der Waals surface area contributed by atoms with Crippen molar-refractivity contribution in [3.63, 3.8) is 0 Å². The largest absolute Gasteiger partial charge is 0.456 e. The molecule has 0 aromatic heterocycles. The second-order valence-electron chi connectivity index (χ2n) is 13.0. The van der Waals surface area contributed by atoms with Crippen LogP contribution >= 0.6 is 0 Å². The molecule has 0 aliphatic carbocycles. The van der Waals surface area contributed by atoms with Crippen molar-refractivity contribution in [3.8, 4) is 23.0 Å². The predicted molar refractivity (Wildman–Crippen MR) is 190 cm³/mol. The highest BCUT2D eigenvalue weighted by molar-refractivity contribution is 5.98. The Balaban J connectivity index is 1.33. The molecule has 8 nitrogen and oxygen atoms in total. The van der Waals surface area contributed by atoms with Gasteiger partial charge in [-0.2, -0.15) is 0 Å². The number of carbonyl (C=O) groups excluding carboxylic acids is 2. The van der Waals surface area contributed by atoms with Crippen molar-refractivity contribution in [1.82, 2.24) is 0 Å². The van der Waals surface area contributed by atoms with E-state index in [1.807, 2.05) is 72.8 Å². The van der Waals surface area contributed by atoms with E-state index >= 15 is 0 Å². The smallest absolute Gasteiger partial charge is 0.340 e. The van der Waals surface area contributed by atoms with Gasteiger partial charge in [0.15, 0.2) is 11.2 Å². The van der Waals surface area contributed by atoms with Gasteiger partial charge in [0.1, 0.15) is 23.0 Å². The van der Waals surface area contributed by atoms with Crippen LogP contribution in [0.15, 0.2) is 97.1 Å². The predicted octanol–water partition coefficient (Wildman–Crippen LogP) is 8.52. The molecule has 8 heteroatoms. The molecule has 4 aliphatic rings. The van der Waals surface area contributed by atoms with E-state index in [9.17, 15) is 9.59 Å². The molecule has 0 bridgehead atoms. The zero-order valence-corrected chi connectivity index (χ0v) is 28.4. The van der Waals surface area contributed by atoms with E-state index in [-0.39, 0.29) is 0 Å². The van der Waals surface area contributed by atoms with Crippen LogP contribution in [0.5, 0.6) is 23.0 Å². The van der Waals surface area contributed by atoms with E-state index in [0.717, 1.165) is 59.8 Å². The lowest BCUT2D eigenvalue weighted by molar-refractivity contribution is 0.0208. The molecule has 4 heterocycles. The van der Waals surface area contributed by atoms with Crippen LogP contribution in [0.2, 0.25) is 0 Å². The summed E-state index contributed by atoms with van der Waals surface area (Å²) >= 11 is 0. The second-order valence-corrected chi connectivity index (χ2v) is 13.0. The van der Waals surface area contributed by atoms with Crippen molar-refractivity contribution in [2.75, 3.05) is 36.0 Å². The Morgan fingerprint density at radius 2 is 0.860 bits per heavy atom. The number of benzene rings is 5. The van der Waals surface area contributed by atoms with Crippen LogP contribution in [-0.2, 0) is 20.7 Å². The zero-order valence-electron chi connectivity index (χ0n) is 28.4. The Labute approximate surface area is 290 Å². The molecule has 2 spiro atoms. The molecule has 4 aliphatic heterocycles. The summed E-state index contributed by atoms with van der Waals surface area (Å²) in [6, 6.07) is 31.0. The summed E-state index contributed by atoms with van der Waals surface area (Å²) in [6.07, 6.45) is 0. The van der Waals surface area contributed by atoms with E-state index < -0.39 is 23.1 Å². The molecule has 0 fully saturated rings. The molecule has 50 heavy (non-hydrogen) atoms. The average molecular weight is 665 g/mol. The summed E-state index contributed by atoms with van der Waals surface area (Å²) < 4.78 is 26.6. The number of fused-ring (bicyclic) bond motifs is 12. The molecule has 2 unspecified atom stereocenters. The molecule has 9 rings (SSSR count). The zero-order chi connectivity index (χ0) is 34.4.